The van der Waals surface area contributed by atoms with Gasteiger partial charge in [0, 0.05) is 16.8 Å². The van der Waals surface area contributed by atoms with Crippen molar-refractivity contribution in [2.75, 3.05) is 0 Å². The van der Waals surface area contributed by atoms with Crippen molar-refractivity contribution >= 4 is 17.6 Å². The highest BCUT2D eigenvalue weighted by atomic mass is 35.5. The topological polar surface area (TPSA) is 68.0 Å². The Hall–Kier alpha value is -3.51. The van der Waals surface area contributed by atoms with Gasteiger partial charge in [0.1, 0.15) is 11.5 Å². The molecule has 144 valence electrons. The molecule has 0 atom stereocenters. The van der Waals surface area contributed by atoms with Gasteiger partial charge in [0.05, 0.1) is 29.8 Å². The van der Waals surface area contributed by atoms with Crippen LogP contribution in [0.5, 0.6) is 0 Å². The molecular formula is C22H15ClFN3O2. The van der Waals surface area contributed by atoms with Crippen molar-refractivity contribution in [2.45, 2.75) is 6.54 Å². The number of aromatic carboxylic acids is 1. The van der Waals surface area contributed by atoms with Crippen molar-refractivity contribution in [3.63, 3.8) is 0 Å². The van der Waals surface area contributed by atoms with Gasteiger partial charge in [-0.1, -0.05) is 29.8 Å². The molecule has 2 aromatic heterocycles. The monoisotopic (exact) mass is 407 g/mol. The van der Waals surface area contributed by atoms with E-state index in [1.54, 1.807) is 18.5 Å². The fourth-order valence-electron chi connectivity index (χ4n) is 3.10. The van der Waals surface area contributed by atoms with Gasteiger partial charge in [-0.05, 0) is 48.0 Å². The zero-order chi connectivity index (χ0) is 20.4. The maximum atomic E-state index is 13.5. The lowest BCUT2D eigenvalue weighted by Crippen LogP contribution is -2.02. The first-order chi connectivity index (χ1) is 14.0. The number of aromatic nitrogens is 3. The van der Waals surface area contributed by atoms with E-state index in [1.807, 2.05) is 28.8 Å². The fraction of sp³-hybridized carbons (Fsp3) is 0.0455. The molecule has 0 fully saturated rings. The minimum atomic E-state index is -1.05. The summed E-state index contributed by atoms with van der Waals surface area (Å²) in [5.74, 6) is -1.40. The summed E-state index contributed by atoms with van der Waals surface area (Å²) in [5.41, 5.74) is 3.36. The van der Waals surface area contributed by atoms with Gasteiger partial charge in [-0.2, -0.15) is 0 Å². The van der Waals surface area contributed by atoms with E-state index in [0.29, 0.717) is 28.6 Å². The van der Waals surface area contributed by atoms with Crippen LogP contribution in [0.15, 0.2) is 73.2 Å². The lowest BCUT2D eigenvalue weighted by atomic mass is 10.1. The van der Waals surface area contributed by atoms with E-state index in [-0.39, 0.29) is 11.4 Å². The lowest BCUT2D eigenvalue weighted by molar-refractivity contribution is 0.0697. The minimum Gasteiger partial charge on any atom is -0.478 e. The smallest absolute Gasteiger partial charge is 0.335 e. The number of hydrogen-bond donors (Lipinski definition) is 1. The third-order valence-corrected chi connectivity index (χ3v) is 4.87. The number of nitrogens with zero attached hydrogens (tertiary/aromatic N) is 3. The molecule has 1 N–H and O–H groups in total. The summed E-state index contributed by atoms with van der Waals surface area (Å²) in [6, 6.07) is 16.4. The number of rotatable bonds is 5. The van der Waals surface area contributed by atoms with E-state index >= 15 is 0 Å². The van der Waals surface area contributed by atoms with Crippen LogP contribution in [-0.2, 0) is 6.54 Å². The average molecular weight is 408 g/mol. The predicted molar refractivity (Wildman–Crippen MR) is 108 cm³/mol. The zero-order valence-electron chi connectivity index (χ0n) is 15.1. The molecule has 0 amide bonds. The van der Waals surface area contributed by atoms with E-state index in [1.165, 1.54) is 30.5 Å². The molecule has 4 aromatic rings. The fourth-order valence-corrected chi connectivity index (χ4v) is 3.30. The van der Waals surface area contributed by atoms with Crippen molar-refractivity contribution in [2.24, 2.45) is 0 Å². The number of benzene rings is 2. The quantitative estimate of drug-likeness (QED) is 0.496. The second-order valence-electron chi connectivity index (χ2n) is 6.40. The number of hydrogen-bond acceptors (Lipinski definition) is 3. The molecule has 0 unspecified atom stereocenters. The molecule has 4 rings (SSSR count). The largest absolute Gasteiger partial charge is 0.478 e. The molecular weight excluding hydrogens is 393 g/mol. The third kappa shape index (κ3) is 3.88. The van der Waals surface area contributed by atoms with E-state index in [0.717, 1.165) is 11.1 Å². The number of carbonyl (C=O) groups is 1. The van der Waals surface area contributed by atoms with Crippen LogP contribution in [0.3, 0.4) is 0 Å². The van der Waals surface area contributed by atoms with Crippen molar-refractivity contribution in [1.82, 2.24) is 14.5 Å². The van der Waals surface area contributed by atoms with Crippen LogP contribution in [0.1, 0.15) is 15.9 Å². The van der Waals surface area contributed by atoms with Gasteiger partial charge in [-0.25, -0.2) is 14.2 Å². The highest BCUT2D eigenvalue weighted by molar-refractivity contribution is 6.31. The Morgan fingerprint density at radius 1 is 1.07 bits per heavy atom. The Balaban J connectivity index is 1.87. The first-order valence-electron chi connectivity index (χ1n) is 8.77. The average Bonchev–Trinajstić information content (AvgIpc) is 3.14. The number of halogens is 2. The molecule has 29 heavy (non-hydrogen) atoms. The Kier molecular flexibility index (Phi) is 5.10. The SMILES string of the molecule is O=C(O)c1ccnc(-c2ncn(Cc3ccccc3Cl)c2-c2ccc(F)cc2)c1. The second kappa shape index (κ2) is 7.85. The molecule has 0 aliphatic rings. The lowest BCUT2D eigenvalue weighted by Gasteiger charge is -2.12. The van der Waals surface area contributed by atoms with Crippen molar-refractivity contribution in [3.8, 4) is 22.6 Å². The summed E-state index contributed by atoms with van der Waals surface area (Å²) in [4.78, 5) is 20.1. The summed E-state index contributed by atoms with van der Waals surface area (Å²) < 4.78 is 15.4. The van der Waals surface area contributed by atoms with Gasteiger partial charge in [0.15, 0.2) is 0 Å². The van der Waals surface area contributed by atoms with E-state index < -0.39 is 5.97 Å². The highest BCUT2D eigenvalue weighted by Gasteiger charge is 2.18. The summed E-state index contributed by atoms with van der Waals surface area (Å²) in [6.45, 7) is 0.442. The highest BCUT2D eigenvalue weighted by Crippen LogP contribution is 2.32. The van der Waals surface area contributed by atoms with Gasteiger partial charge in [-0.3, -0.25) is 4.98 Å². The molecule has 0 radical (unpaired) electrons. The summed E-state index contributed by atoms with van der Waals surface area (Å²) >= 11 is 6.31. The Morgan fingerprint density at radius 3 is 2.55 bits per heavy atom. The van der Waals surface area contributed by atoms with Crippen LogP contribution in [0.4, 0.5) is 4.39 Å². The Morgan fingerprint density at radius 2 is 1.83 bits per heavy atom. The van der Waals surface area contributed by atoms with Crippen LogP contribution in [0.2, 0.25) is 5.02 Å². The minimum absolute atomic E-state index is 0.112. The first-order valence-corrected chi connectivity index (χ1v) is 9.15. The van der Waals surface area contributed by atoms with Crippen LogP contribution in [0.25, 0.3) is 22.6 Å². The van der Waals surface area contributed by atoms with E-state index in [9.17, 15) is 14.3 Å². The molecule has 2 aromatic carbocycles. The molecule has 5 nitrogen and oxygen atoms in total. The number of carboxylic acid groups (broad SMARTS) is 1. The maximum absolute atomic E-state index is 13.5. The second-order valence-corrected chi connectivity index (χ2v) is 6.81. The molecule has 0 spiro atoms. The van der Waals surface area contributed by atoms with E-state index in [4.69, 9.17) is 11.6 Å². The molecule has 2 heterocycles. The number of pyridine rings is 1. The van der Waals surface area contributed by atoms with Crippen molar-refractivity contribution in [3.05, 3.63) is 95.2 Å². The normalized spacial score (nSPS) is 10.8. The summed E-state index contributed by atoms with van der Waals surface area (Å²) in [6.07, 6.45) is 3.08. The van der Waals surface area contributed by atoms with Gasteiger partial charge < -0.3 is 9.67 Å². The maximum Gasteiger partial charge on any atom is 0.335 e. The van der Waals surface area contributed by atoms with Gasteiger partial charge in [-0.15, -0.1) is 0 Å². The molecule has 7 heteroatoms. The number of carboxylic acids is 1. The molecule has 0 aliphatic heterocycles. The van der Waals surface area contributed by atoms with Crippen molar-refractivity contribution in [1.29, 1.82) is 0 Å². The van der Waals surface area contributed by atoms with Crippen LogP contribution < -0.4 is 0 Å². The zero-order valence-corrected chi connectivity index (χ0v) is 15.8. The Labute approximate surface area is 171 Å². The van der Waals surface area contributed by atoms with Crippen LogP contribution in [-0.4, -0.2) is 25.6 Å². The van der Waals surface area contributed by atoms with E-state index in [2.05, 4.69) is 9.97 Å². The molecule has 0 aliphatic carbocycles. The standard InChI is InChI=1S/C22H15ClFN3O2/c23-18-4-2-1-3-16(18)12-27-13-26-20(19-11-15(22(28)29)9-10-25-19)21(27)14-5-7-17(24)8-6-14/h1-11,13H,12H2,(H,28,29). The third-order valence-electron chi connectivity index (χ3n) is 4.50. The molecule has 0 bridgehead atoms. The van der Waals surface area contributed by atoms with Crippen molar-refractivity contribution < 1.29 is 14.3 Å². The molecule has 0 saturated carbocycles. The predicted octanol–water partition coefficient (Wildman–Crippen LogP) is 5.15. The van der Waals surface area contributed by atoms with Gasteiger partial charge in [0.25, 0.3) is 0 Å². The Bertz CT molecular complexity index is 1190. The molecule has 0 saturated heterocycles. The van der Waals surface area contributed by atoms with Gasteiger partial charge >= 0.3 is 5.97 Å². The van der Waals surface area contributed by atoms with Crippen LogP contribution in [0, 0.1) is 5.82 Å². The summed E-state index contributed by atoms with van der Waals surface area (Å²) in [7, 11) is 0. The summed E-state index contributed by atoms with van der Waals surface area (Å²) in [5, 5.41) is 9.92. The van der Waals surface area contributed by atoms with Crippen LogP contribution >= 0.6 is 11.6 Å². The number of imidazole rings is 1. The first kappa shape index (κ1) is 18.8. The van der Waals surface area contributed by atoms with Gasteiger partial charge in [0.2, 0.25) is 0 Å².